The van der Waals surface area contributed by atoms with Gasteiger partial charge in [-0.1, -0.05) is 23.7 Å². The Bertz CT molecular complexity index is 1010. The number of rotatable bonds is 6. The van der Waals surface area contributed by atoms with Gasteiger partial charge in [0.2, 0.25) is 5.95 Å². The van der Waals surface area contributed by atoms with Gasteiger partial charge in [0.1, 0.15) is 11.6 Å². The number of aromatic nitrogens is 2. The first-order chi connectivity index (χ1) is 13.5. The van der Waals surface area contributed by atoms with Gasteiger partial charge in [-0.15, -0.1) is 0 Å². The summed E-state index contributed by atoms with van der Waals surface area (Å²) in [5.41, 5.74) is 2.39. The van der Waals surface area contributed by atoms with E-state index < -0.39 is 5.97 Å². The molecule has 0 bridgehead atoms. The van der Waals surface area contributed by atoms with Gasteiger partial charge in [0.25, 0.3) is 0 Å². The fourth-order valence-corrected chi connectivity index (χ4v) is 2.73. The molecule has 0 aliphatic heterocycles. The summed E-state index contributed by atoms with van der Waals surface area (Å²) in [6.45, 7) is 1.85. The molecule has 0 aliphatic rings. The first-order valence-electron chi connectivity index (χ1n) is 8.41. The Balaban J connectivity index is 1.89. The maximum absolute atomic E-state index is 11.8. The number of carbonyl (C=O) groups is 1. The number of nitrogens with zero attached hydrogens (tertiary/aromatic N) is 2. The van der Waals surface area contributed by atoms with Crippen molar-refractivity contribution in [3.8, 4) is 5.75 Å². The molecular formula is C20H19ClN4O3. The molecular weight excluding hydrogens is 380 g/mol. The van der Waals surface area contributed by atoms with Crippen molar-refractivity contribution in [3.63, 3.8) is 0 Å². The van der Waals surface area contributed by atoms with Crippen LogP contribution < -0.4 is 15.4 Å². The highest BCUT2D eigenvalue weighted by atomic mass is 35.5. The lowest BCUT2D eigenvalue weighted by Gasteiger charge is -2.13. The molecule has 144 valence electrons. The SMILES string of the molecule is COC(=O)c1ccc(Cl)c(Nc2nc(C)cc(Nc3ccccc3OC)n2)c1. The number of carbonyl (C=O) groups excluding carboxylic acids is 1. The third-order valence-electron chi connectivity index (χ3n) is 3.86. The van der Waals surface area contributed by atoms with E-state index in [9.17, 15) is 4.79 Å². The lowest BCUT2D eigenvalue weighted by Crippen LogP contribution is -2.05. The van der Waals surface area contributed by atoms with Crippen LogP contribution in [-0.2, 0) is 4.74 Å². The second kappa shape index (κ2) is 8.58. The minimum absolute atomic E-state index is 0.335. The first kappa shape index (κ1) is 19.4. The van der Waals surface area contributed by atoms with E-state index >= 15 is 0 Å². The van der Waals surface area contributed by atoms with Gasteiger partial charge in [-0.25, -0.2) is 9.78 Å². The predicted molar refractivity (Wildman–Crippen MR) is 109 cm³/mol. The average molecular weight is 399 g/mol. The molecule has 0 fully saturated rings. The van der Waals surface area contributed by atoms with Gasteiger partial charge in [0.05, 0.1) is 36.2 Å². The van der Waals surface area contributed by atoms with E-state index in [1.807, 2.05) is 37.3 Å². The summed E-state index contributed by atoms with van der Waals surface area (Å²) in [6.07, 6.45) is 0. The number of ether oxygens (including phenoxy) is 2. The molecule has 0 spiro atoms. The van der Waals surface area contributed by atoms with Crippen LogP contribution in [0.5, 0.6) is 5.75 Å². The molecule has 7 nitrogen and oxygen atoms in total. The van der Waals surface area contributed by atoms with Crippen molar-refractivity contribution >= 4 is 40.7 Å². The van der Waals surface area contributed by atoms with E-state index in [0.717, 1.165) is 11.4 Å². The molecule has 0 saturated carbocycles. The molecule has 0 aliphatic carbocycles. The number of esters is 1. The third-order valence-corrected chi connectivity index (χ3v) is 4.19. The van der Waals surface area contributed by atoms with Crippen LogP contribution in [0.3, 0.4) is 0 Å². The number of methoxy groups -OCH3 is 2. The molecule has 3 rings (SSSR count). The fraction of sp³-hybridized carbons (Fsp3) is 0.150. The van der Waals surface area contributed by atoms with Crippen LogP contribution in [0.15, 0.2) is 48.5 Å². The van der Waals surface area contributed by atoms with Crippen molar-refractivity contribution in [2.75, 3.05) is 24.9 Å². The second-order valence-electron chi connectivity index (χ2n) is 5.85. The van der Waals surface area contributed by atoms with Crippen LogP contribution in [0, 0.1) is 6.92 Å². The zero-order valence-corrected chi connectivity index (χ0v) is 16.4. The highest BCUT2D eigenvalue weighted by molar-refractivity contribution is 6.33. The molecule has 0 saturated heterocycles. The summed E-state index contributed by atoms with van der Waals surface area (Å²) in [7, 11) is 2.93. The summed E-state index contributed by atoms with van der Waals surface area (Å²) < 4.78 is 10.1. The lowest BCUT2D eigenvalue weighted by molar-refractivity contribution is 0.0601. The quantitative estimate of drug-likeness (QED) is 0.581. The average Bonchev–Trinajstić information content (AvgIpc) is 2.69. The zero-order valence-electron chi connectivity index (χ0n) is 15.6. The number of aryl methyl sites for hydroxylation is 1. The maximum atomic E-state index is 11.8. The Hall–Kier alpha value is -3.32. The van der Waals surface area contributed by atoms with Crippen molar-refractivity contribution in [2.24, 2.45) is 0 Å². The largest absolute Gasteiger partial charge is 0.495 e. The van der Waals surface area contributed by atoms with Gasteiger partial charge in [-0.3, -0.25) is 0 Å². The standard InChI is InChI=1S/C20H19ClN4O3/c1-12-10-18(23-15-6-4-5-7-17(15)27-2)25-20(22-12)24-16-11-13(19(26)28-3)8-9-14(16)21/h4-11H,1-3H3,(H2,22,23,24,25). The third kappa shape index (κ3) is 4.50. The minimum Gasteiger partial charge on any atom is -0.495 e. The highest BCUT2D eigenvalue weighted by Gasteiger charge is 2.11. The van der Waals surface area contributed by atoms with Crippen LogP contribution in [0.1, 0.15) is 16.1 Å². The molecule has 0 radical (unpaired) electrons. The monoisotopic (exact) mass is 398 g/mol. The number of halogens is 1. The maximum Gasteiger partial charge on any atom is 0.337 e. The van der Waals surface area contributed by atoms with E-state index in [1.54, 1.807) is 25.3 Å². The van der Waals surface area contributed by atoms with Gasteiger partial charge in [-0.2, -0.15) is 4.98 Å². The van der Waals surface area contributed by atoms with Crippen molar-refractivity contribution < 1.29 is 14.3 Å². The summed E-state index contributed by atoms with van der Waals surface area (Å²) in [5, 5.41) is 6.70. The second-order valence-corrected chi connectivity index (χ2v) is 6.26. The van der Waals surface area contributed by atoms with Crippen LogP contribution in [0.2, 0.25) is 5.02 Å². The van der Waals surface area contributed by atoms with Crippen LogP contribution in [0.25, 0.3) is 0 Å². The number of hydrogen-bond donors (Lipinski definition) is 2. The number of anilines is 4. The number of para-hydroxylation sites is 2. The molecule has 0 atom stereocenters. The van der Waals surface area contributed by atoms with Crippen molar-refractivity contribution in [2.45, 2.75) is 6.92 Å². The molecule has 1 heterocycles. The molecule has 3 aromatic rings. The van der Waals surface area contributed by atoms with Gasteiger partial charge in [0.15, 0.2) is 0 Å². The van der Waals surface area contributed by atoms with E-state index in [2.05, 4.69) is 20.6 Å². The molecule has 0 amide bonds. The van der Waals surface area contributed by atoms with Gasteiger partial charge in [-0.05, 0) is 37.3 Å². The van der Waals surface area contributed by atoms with Crippen molar-refractivity contribution in [3.05, 3.63) is 64.8 Å². The smallest absolute Gasteiger partial charge is 0.337 e. The molecule has 2 N–H and O–H groups in total. The van der Waals surface area contributed by atoms with Crippen LogP contribution in [0.4, 0.5) is 23.1 Å². The van der Waals surface area contributed by atoms with E-state index in [1.165, 1.54) is 7.11 Å². The van der Waals surface area contributed by atoms with Crippen LogP contribution >= 0.6 is 11.6 Å². The van der Waals surface area contributed by atoms with Crippen molar-refractivity contribution in [1.29, 1.82) is 0 Å². The lowest BCUT2D eigenvalue weighted by atomic mass is 10.2. The predicted octanol–water partition coefficient (Wildman–Crippen LogP) is 4.72. The summed E-state index contributed by atoms with van der Waals surface area (Å²) in [5.74, 6) is 1.16. The summed E-state index contributed by atoms with van der Waals surface area (Å²) in [6, 6.07) is 14.1. The summed E-state index contributed by atoms with van der Waals surface area (Å²) in [4.78, 5) is 20.6. The van der Waals surface area contributed by atoms with Gasteiger partial charge in [0, 0.05) is 11.8 Å². The zero-order chi connectivity index (χ0) is 20.1. The molecule has 28 heavy (non-hydrogen) atoms. The number of nitrogens with one attached hydrogen (secondary N) is 2. The molecule has 1 aromatic heterocycles. The number of hydrogen-bond acceptors (Lipinski definition) is 7. The van der Waals surface area contributed by atoms with E-state index in [0.29, 0.717) is 33.8 Å². The van der Waals surface area contributed by atoms with E-state index in [-0.39, 0.29) is 0 Å². The molecule has 2 aromatic carbocycles. The number of benzene rings is 2. The fourth-order valence-electron chi connectivity index (χ4n) is 2.56. The summed E-state index contributed by atoms with van der Waals surface area (Å²) >= 11 is 6.24. The Labute approximate surface area is 167 Å². The topological polar surface area (TPSA) is 85.4 Å². The highest BCUT2D eigenvalue weighted by Crippen LogP contribution is 2.29. The minimum atomic E-state index is -0.455. The molecule has 8 heteroatoms. The van der Waals surface area contributed by atoms with Gasteiger partial charge < -0.3 is 20.1 Å². The molecule has 0 unspecified atom stereocenters. The Kier molecular flexibility index (Phi) is 5.96. The van der Waals surface area contributed by atoms with Crippen molar-refractivity contribution in [1.82, 2.24) is 9.97 Å². The first-order valence-corrected chi connectivity index (χ1v) is 8.78. The Morgan fingerprint density at radius 3 is 2.54 bits per heavy atom. The van der Waals surface area contributed by atoms with Gasteiger partial charge >= 0.3 is 5.97 Å². The Morgan fingerprint density at radius 1 is 1.00 bits per heavy atom. The normalized spacial score (nSPS) is 10.3. The Morgan fingerprint density at radius 2 is 1.79 bits per heavy atom. The van der Waals surface area contributed by atoms with E-state index in [4.69, 9.17) is 21.1 Å². The van der Waals surface area contributed by atoms with Crippen LogP contribution in [-0.4, -0.2) is 30.2 Å².